The summed E-state index contributed by atoms with van der Waals surface area (Å²) in [7, 11) is 0. The molecule has 1 aliphatic rings. The van der Waals surface area contributed by atoms with Gasteiger partial charge in [-0.3, -0.25) is 4.79 Å². The molecule has 136 valence electrons. The Morgan fingerprint density at radius 3 is 2.70 bits per heavy atom. The van der Waals surface area contributed by atoms with Gasteiger partial charge in [-0.15, -0.1) is 0 Å². The lowest BCUT2D eigenvalue weighted by Gasteiger charge is -2.25. The molecule has 1 aliphatic heterocycles. The SMILES string of the molecule is CC1Cc2ccccc2N1c1ncccc1C(=O)NCCc1ccccc1. The third kappa shape index (κ3) is 3.56. The normalized spacial score (nSPS) is 15.4. The fourth-order valence-corrected chi connectivity index (χ4v) is 3.71. The van der Waals surface area contributed by atoms with Crippen molar-refractivity contribution in [3.63, 3.8) is 0 Å². The number of para-hydroxylation sites is 1. The molecule has 4 heteroatoms. The van der Waals surface area contributed by atoms with Crippen LogP contribution in [0.25, 0.3) is 0 Å². The number of hydrogen-bond donors (Lipinski definition) is 1. The molecule has 0 fully saturated rings. The maximum atomic E-state index is 12.9. The van der Waals surface area contributed by atoms with Crippen LogP contribution in [0.2, 0.25) is 0 Å². The van der Waals surface area contributed by atoms with Crippen molar-refractivity contribution in [1.29, 1.82) is 0 Å². The predicted octanol–water partition coefficient (Wildman–Crippen LogP) is 4.14. The average molecular weight is 357 g/mol. The van der Waals surface area contributed by atoms with E-state index in [-0.39, 0.29) is 11.9 Å². The second kappa shape index (κ2) is 7.62. The molecule has 0 spiro atoms. The van der Waals surface area contributed by atoms with E-state index in [2.05, 4.69) is 52.5 Å². The first kappa shape index (κ1) is 17.3. The molecule has 1 N–H and O–H groups in total. The van der Waals surface area contributed by atoms with Crippen molar-refractivity contribution < 1.29 is 4.79 Å². The summed E-state index contributed by atoms with van der Waals surface area (Å²) in [5.74, 6) is 0.651. The molecule has 1 atom stereocenters. The van der Waals surface area contributed by atoms with Crippen LogP contribution in [0.5, 0.6) is 0 Å². The average Bonchev–Trinajstić information content (AvgIpc) is 3.04. The minimum atomic E-state index is -0.0781. The molecule has 2 aromatic carbocycles. The van der Waals surface area contributed by atoms with Gasteiger partial charge in [-0.05, 0) is 49.1 Å². The zero-order chi connectivity index (χ0) is 18.6. The molecule has 1 amide bonds. The van der Waals surface area contributed by atoms with Gasteiger partial charge in [0.05, 0.1) is 5.56 Å². The van der Waals surface area contributed by atoms with Crippen LogP contribution < -0.4 is 10.2 Å². The Hall–Kier alpha value is -3.14. The summed E-state index contributed by atoms with van der Waals surface area (Å²) < 4.78 is 0. The second-order valence-electron chi connectivity index (χ2n) is 6.92. The minimum Gasteiger partial charge on any atom is -0.352 e. The number of aromatic nitrogens is 1. The van der Waals surface area contributed by atoms with Gasteiger partial charge in [0, 0.05) is 24.5 Å². The van der Waals surface area contributed by atoms with Crippen LogP contribution in [0.15, 0.2) is 72.9 Å². The highest BCUT2D eigenvalue weighted by molar-refractivity contribution is 6.00. The Morgan fingerprint density at radius 1 is 1.07 bits per heavy atom. The van der Waals surface area contributed by atoms with Crippen molar-refractivity contribution in [2.75, 3.05) is 11.4 Å². The summed E-state index contributed by atoms with van der Waals surface area (Å²) in [6, 6.07) is 22.5. The third-order valence-electron chi connectivity index (χ3n) is 5.01. The van der Waals surface area contributed by atoms with Crippen LogP contribution in [-0.2, 0) is 12.8 Å². The first-order chi connectivity index (χ1) is 13.2. The summed E-state index contributed by atoms with van der Waals surface area (Å²) in [5.41, 5.74) is 4.27. The maximum absolute atomic E-state index is 12.9. The zero-order valence-electron chi connectivity index (χ0n) is 15.4. The Morgan fingerprint density at radius 2 is 1.85 bits per heavy atom. The van der Waals surface area contributed by atoms with Gasteiger partial charge in [0.2, 0.25) is 0 Å². The standard InChI is InChI=1S/C23H23N3O/c1-17-16-19-10-5-6-12-21(19)26(17)22-20(11-7-14-24-22)23(27)25-15-13-18-8-3-2-4-9-18/h2-12,14,17H,13,15-16H2,1H3,(H,25,27). The highest BCUT2D eigenvalue weighted by atomic mass is 16.1. The molecule has 0 radical (unpaired) electrons. The van der Waals surface area contributed by atoms with E-state index in [1.165, 1.54) is 11.1 Å². The summed E-state index contributed by atoms with van der Waals surface area (Å²) in [4.78, 5) is 19.6. The smallest absolute Gasteiger partial charge is 0.255 e. The molecule has 0 saturated heterocycles. The summed E-state index contributed by atoms with van der Waals surface area (Å²) in [6.45, 7) is 2.77. The van der Waals surface area contributed by atoms with Crippen molar-refractivity contribution in [2.45, 2.75) is 25.8 Å². The zero-order valence-corrected chi connectivity index (χ0v) is 15.4. The number of carbonyl (C=O) groups is 1. The van der Waals surface area contributed by atoms with Crippen LogP contribution in [0, 0.1) is 0 Å². The van der Waals surface area contributed by atoms with Crippen molar-refractivity contribution in [3.8, 4) is 0 Å². The number of benzene rings is 2. The molecule has 0 aliphatic carbocycles. The number of amides is 1. The van der Waals surface area contributed by atoms with Crippen molar-refractivity contribution in [2.24, 2.45) is 0 Å². The lowest BCUT2D eigenvalue weighted by atomic mass is 10.1. The third-order valence-corrected chi connectivity index (χ3v) is 5.01. The van der Waals surface area contributed by atoms with E-state index in [0.717, 1.165) is 24.3 Å². The fourth-order valence-electron chi connectivity index (χ4n) is 3.71. The second-order valence-corrected chi connectivity index (χ2v) is 6.92. The number of anilines is 2. The highest BCUT2D eigenvalue weighted by Crippen LogP contribution is 2.38. The van der Waals surface area contributed by atoms with E-state index in [1.54, 1.807) is 6.20 Å². The quantitative estimate of drug-likeness (QED) is 0.746. The Labute approximate surface area is 159 Å². The lowest BCUT2D eigenvalue weighted by Crippen LogP contribution is -2.31. The number of hydrogen-bond acceptors (Lipinski definition) is 3. The van der Waals surface area contributed by atoms with E-state index in [0.29, 0.717) is 12.1 Å². The van der Waals surface area contributed by atoms with Crippen LogP contribution in [0.1, 0.15) is 28.4 Å². The van der Waals surface area contributed by atoms with Crippen LogP contribution in [0.4, 0.5) is 11.5 Å². The monoisotopic (exact) mass is 357 g/mol. The van der Waals surface area contributed by atoms with Gasteiger partial charge in [-0.2, -0.15) is 0 Å². The van der Waals surface area contributed by atoms with E-state index >= 15 is 0 Å². The van der Waals surface area contributed by atoms with Crippen LogP contribution in [-0.4, -0.2) is 23.5 Å². The van der Waals surface area contributed by atoms with Gasteiger partial charge >= 0.3 is 0 Å². The van der Waals surface area contributed by atoms with E-state index in [4.69, 9.17) is 0 Å². The molecular formula is C23H23N3O. The van der Waals surface area contributed by atoms with Crippen LogP contribution >= 0.6 is 0 Å². The lowest BCUT2D eigenvalue weighted by molar-refractivity contribution is 0.0954. The first-order valence-electron chi connectivity index (χ1n) is 9.38. The first-order valence-corrected chi connectivity index (χ1v) is 9.38. The molecule has 4 rings (SSSR count). The van der Waals surface area contributed by atoms with Gasteiger partial charge < -0.3 is 10.2 Å². The van der Waals surface area contributed by atoms with E-state index in [9.17, 15) is 4.79 Å². The number of nitrogens with zero attached hydrogens (tertiary/aromatic N) is 2. The molecule has 2 heterocycles. The van der Waals surface area contributed by atoms with Crippen molar-refractivity contribution >= 4 is 17.4 Å². The van der Waals surface area contributed by atoms with Crippen molar-refractivity contribution in [1.82, 2.24) is 10.3 Å². The number of rotatable bonds is 5. The summed E-state index contributed by atoms with van der Waals surface area (Å²) in [6.07, 6.45) is 3.52. The molecule has 1 aromatic heterocycles. The molecule has 0 saturated carbocycles. The van der Waals surface area contributed by atoms with Gasteiger partial charge in [-0.25, -0.2) is 4.98 Å². The molecular weight excluding hydrogens is 334 g/mol. The predicted molar refractivity (Wildman–Crippen MR) is 108 cm³/mol. The number of nitrogens with one attached hydrogen (secondary N) is 1. The Bertz CT molecular complexity index is 939. The minimum absolute atomic E-state index is 0.0781. The number of pyridine rings is 1. The van der Waals surface area contributed by atoms with Gasteiger partial charge in [-0.1, -0.05) is 48.5 Å². The van der Waals surface area contributed by atoms with E-state index in [1.807, 2.05) is 36.4 Å². The molecule has 1 unspecified atom stereocenters. The molecule has 27 heavy (non-hydrogen) atoms. The molecule has 3 aromatic rings. The number of fused-ring (bicyclic) bond motifs is 1. The Kier molecular flexibility index (Phi) is 4.88. The molecule has 0 bridgehead atoms. The fraction of sp³-hybridized carbons (Fsp3) is 0.217. The summed E-state index contributed by atoms with van der Waals surface area (Å²) in [5, 5.41) is 3.04. The highest BCUT2D eigenvalue weighted by Gasteiger charge is 2.30. The van der Waals surface area contributed by atoms with E-state index < -0.39 is 0 Å². The summed E-state index contributed by atoms with van der Waals surface area (Å²) >= 11 is 0. The van der Waals surface area contributed by atoms with Gasteiger partial charge in [0.1, 0.15) is 5.82 Å². The maximum Gasteiger partial charge on any atom is 0.255 e. The Balaban J connectivity index is 1.54. The topological polar surface area (TPSA) is 45.2 Å². The largest absolute Gasteiger partial charge is 0.352 e. The van der Waals surface area contributed by atoms with Crippen LogP contribution in [0.3, 0.4) is 0 Å². The van der Waals surface area contributed by atoms with Gasteiger partial charge in [0.15, 0.2) is 0 Å². The molecule has 4 nitrogen and oxygen atoms in total. The van der Waals surface area contributed by atoms with Gasteiger partial charge in [0.25, 0.3) is 5.91 Å². The van der Waals surface area contributed by atoms with Crippen molar-refractivity contribution in [3.05, 3.63) is 89.6 Å². The number of carbonyl (C=O) groups excluding carboxylic acids is 1.